The highest BCUT2D eigenvalue weighted by atomic mass is 32.2. The molecule has 3 aromatic carbocycles. The van der Waals surface area contributed by atoms with E-state index < -0.39 is 10.0 Å². The van der Waals surface area contributed by atoms with Gasteiger partial charge in [-0.3, -0.25) is 4.79 Å². The molecule has 174 valence electrons. The largest absolute Gasteiger partial charge is 0.492 e. The fraction of sp³-hybridized carbons (Fsp3) is 0.320. The van der Waals surface area contributed by atoms with Crippen LogP contribution in [0.15, 0.2) is 65.6 Å². The molecular weight excluding hydrogens is 438 g/mol. The number of benzene rings is 3. The van der Waals surface area contributed by atoms with Gasteiger partial charge in [0.1, 0.15) is 12.4 Å². The molecule has 7 nitrogen and oxygen atoms in total. The van der Waals surface area contributed by atoms with E-state index in [1.807, 2.05) is 49.5 Å². The van der Waals surface area contributed by atoms with Crippen LogP contribution < -0.4 is 10.1 Å². The minimum absolute atomic E-state index is 0.148. The van der Waals surface area contributed by atoms with Crippen LogP contribution in [0, 0.1) is 6.92 Å². The number of sulfonamides is 1. The van der Waals surface area contributed by atoms with Gasteiger partial charge < -0.3 is 15.0 Å². The van der Waals surface area contributed by atoms with E-state index in [0.717, 1.165) is 22.1 Å². The smallest absolute Gasteiger partial charge is 0.251 e. The summed E-state index contributed by atoms with van der Waals surface area (Å²) in [7, 11) is -1.66. The molecule has 0 unspecified atom stereocenters. The lowest BCUT2D eigenvalue weighted by Crippen LogP contribution is -2.47. The van der Waals surface area contributed by atoms with Crippen molar-refractivity contribution in [2.45, 2.75) is 11.8 Å². The zero-order chi connectivity index (χ0) is 23.4. The number of carbonyl (C=O) groups is 1. The third-order valence-corrected chi connectivity index (χ3v) is 7.83. The first-order valence-electron chi connectivity index (χ1n) is 11.0. The van der Waals surface area contributed by atoms with Gasteiger partial charge in [-0.1, -0.05) is 36.4 Å². The van der Waals surface area contributed by atoms with Gasteiger partial charge in [-0.15, -0.1) is 0 Å². The second-order valence-electron chi connectivity index (χ2n) is 8.30. The summed E-state index contributed by atoms with van der Waals surface area (Å²) in [6, 6.07) is 18.6. The van der Waals surface area contributed by atoms with Gasteiger partial charge >= 0.3 is 0 Å². The average Bonchev–Trinajstić information content (AvgIpc) is 2.82. The number of carbonyl (C=O) groups excluding carboxylic acids is 1. The fourth-order valence-electron chi connectivity index (χ4n) is 3.87. The van der Waals surface area contributed by atoms with Crippen LogP contribution in [-0.4, -0.2) is 69.9 Å². The molecule has 1 N–H and O–H groups in total. The van der Waals surface area contributed by atoms with Crippen molar-refractivity contribution in [3.8, 4) is 5.75 Å². The van der Waals surface area contributed by atoms with Crippen molar-refractivity contribution in [3.63, 3.8) is 0 Å². The lowest BCUT2D eigenvalue weighted by Gasteiger charge is -2.31. The predicted octanol–water partition coefficient (Wildman–Crippen LogP) is 2.89. The summed E-state index contributed by atoms with van der Waals surface area (Å²) in [5, 5.41) is 5.06. The zero-order valence-corrected chi connectivity index (χ0v) is 19.8. The van der Waals surface area contributed by atoms with Crippen molar-refractivity contribution in [2.75, 3.05) is 46.4 Å². The second-order valence-corrected chi connectivity index (χ2v) is 10.2. The molecule has 4 rings (SSSR count). The Kier molecular flexibility index (Phi) is 6.97. The Labute approximate surface area is 195 Å². The normalized spacial score (nSPS) is 15.5. The summed E-state index contributed by atoms with van der Waals surface area (Å²) in [5.41, 5.74) is 1.08. The number of nitrogens with one attached hydrogen (secondary N) is 1. The number of fused-ring (bicyclic) bond motifs is 1. The Hall–Kier alpha value is -2.94. The van der Waals surface area contributed by atoms with E-state index in [0.29, 0.717) is 44.9 Å². The van der Waals surface area contributed by atoms with Gasteiger partial charge in [0.25, 0.3) is 5.91 Å². The maximum Gasteiger partial charge on any atom is 0.251 e. The number of likely N-dealkylation sites (N-methyl/N-ethyl adjacent to an activating group) is 1. The monoisotopic (exact) mass is 467 g/mol. The number of amides is 1. The third-order valence-electron chi connectivity index (χ3n) is 5.93. The Balaban J connectivity index is 1.37. The molecule has 1 aliphatic rings. The molecule has 0 bridgehead atoms. The number of hydrogen-bond acceptors (Lipinski definition) is 5. The van der Waals surface area contributed by atoms with E-state index in [4.69, 9.17) is 4.74 Å². The van der Waals surface area contributed by atoms with E-state index >= 15 is 0 Å². The summed E-state index contributed by atoms with van der Waals surface area (Å²) >= 11 is 0. The lowest BCUT2D eigenvalue weighted by atomic mass is 10.1. The molecule has 0 saturated carbocycles. The van der Waals surface area contributed by atoms with Crippen LogP contribution in [0.4, 0.5) is 0 Å². The van der Waals surface area contributed by atoms with Crippen LogP contribution in [-0.2, 0) is 10.0 Å². The molecule has 1 aliphatic heterocycles. The molecule has 3 aromatic rings. The van der Waals surface area contributed by atoms with Crippen LogP contribution in [0.25, 0.3) is 10.8 Å². The van der Waals surface area contributed by atoms with E-state index in [9.17, 15) is 13.2 Å². The standard InChI is InChI=1S/C25H29N3O4S/c1-19-7-10-23(33(30,31)28-14-12-27(2)13-15-28)18-24(19)25(29)26-11-16-32-22-9-8-20-5-3-4-6-21(20)17-22/h3-10,17-18H,11-16H2,1-2H3,(H,26,29). The van der Waals surface area contributed by atoms with Gasteiger partial charge in [0, 0.05) is 31.7 Å². The molecule has 33 heavy (non-hydrogen) atoms. The van der Waals surface area contributed by atoms with Crippen LogP contribution in [0.3, 0.4) is 0 Å². The summed E-state index contributed by atoms with van der Waals surface area (Å²) in [6.45, 7) is 4.68. The summed E-state index contributed by atoms with van der Waals surface area (Å²) in [5.74, 6) is 0.421. The third kappa shape index (κ3) is 5.35. The Morgan fingerprint density at radius 1 is 0.970 bits per heavy atom. The molecule has 1 fully saturated rings. The molecule has 1 amide bonds. The van der Waals surface area contributed by atoms with E-state index in [1.54, 1.807) is 19.1 Å². The first-order chi connectivity index (χ1) is 15.8. The summed E-state index contributed by atoms with van der Waals surface area (Å²) in [4.78, 5) is 15.0. The SMILES string of the molecule is Cc1ccc(S(=O)(=O)N2CCN(C)CC2)cc1C(=O)NCCOc1ccc2ccccc2c1. The topological polar surface area (TPSA) is 79.0 Å². The van der Waals surface area contributed by atoms with E-state index in [2.05, 4.69) is 10.2 Å². The number of rotatable bonds is 7. The minimum atomic E-state index is -3.64. The number of piperazine rings is 1. The fourth-order valence-corrected chi connectivity index (χ4v) is 5.32. The van der Waals surface area contributed by atoms with Gasteiger partial charge in [0.15, 0.2) is 0 Å². The second kappa shape index (κ2) is 9.91. The summed E-state index contributed by atoms with van der Waals surface area (Å²) in [6.07, 6.45) is 0. The molecule has 0 radical (unpaired) electrons. The minimum Gasteiger partial charge on any atom is -0.492 e. The highest BCUT2D eigenvalue weighted by Crippen LogP contribution is 2.22. The predicted molar refractivity (Wildman–Crippen MR) is 129 cm³/mol. The number of hydrogen-bond donors (Lipinski definition) is 1. The molecule has 0 aliphatic carbocycles. The molecule has 0 atom stereocenters. The van der Waals surface area contributed by atoms with Gasteiger partial charge in [0.05, 0.1) is 11.4 Å². The Morgan fingerprint density at radius 3 is 2.45 bits per heavy atom. The van der Waals surface area contributed by atoms with Crippen molar-refractivity contribution in [1.29, 1.82) is 0 Å². The molecule has 1 heterocycles. The van der Waals surface area contributed by atoms with Crippen LogP contribution in [0.5, 0.6) is 5.75 Å². The maximum absolute atomic E-state index is 13.0. The van der Waals surface area contributed by atoms with Crippen LogP contribution >= 0.6 is 0 Å². The quantitative estimate of drug-likeness (QED) is 0.541. The Bertz CT molecular complexity index is 1250. The molecule has 8 heteroatoms. The lowest BCUT2D eigenvalue weighted by molar-refractivity contribution is 0.0946. The van der Waals surface area contributed by atoms with Gasteiger partial charge in [-0.2, -0.15) is 4.31 Å². The number of aryl methyl sites for hydroxylation is 1. The zero-order valence-electron chi connectivity index (χ0n) is 19.0. The molecule has 0 spiro atoms. The number of nitrogens with zero attached hydrogens (tertiary/aromatic N) is 2. The maximum atomic E-state index is 13.0. The van der Waals surface area contributed by atoms with Gasteiger partial charge in [0.2, 0.25) is 10.0 Å². The van der Waals surface area contributed by atoms with Crippen molar-refractivity contribution < 1.29 is 17.9 Å². The van der Waals surface area contributed by atoms with Crippen molar-refractivity contribution >= 4 is 26.7 Å². The highest BCUT2D eigenvalue weighted by Gasteiger charge is 2.28. The first-order valence-corrected chi connectivity index (χ1v) is 12.5. The van der Waals surface area contributed by atoms with Crippen LogP contribution in [0.2, 0.25) is 0 Å². The van der Waals surface area contributed by atoms with Crippen molar-refractivity contribution in [1.82, 2.24) is 14.5 Å². The molecule has 1 saturated heterocycles. The first kappa shape index (κ1) is 23.2. The van der Waals surface area contributed by atoms with Crippen molar-refractivity contribution in [3.05, 3.63) is 71.8 Å². The van der Waals surface area contributed by atoms with Crippen molar-refractivity contribution in [2.24, 2.45) is 0 Å². The van der Waals surface area contributed by atoms with Gasteiger partial charge in [-0.25, -0.2) is 8.42 Å². The molecule has 0 aromatic heterocycles. The number of ether oxygens (including phenoxy) is 1. The molecular formula is C25H29N3O4S. The average molecular weight is 468 g/mol. The Morgan fingerprint density at radius 2 is 1.70 bits per heavy atom. The van der Waals surface area contributed by atoms with E-state index in [1.165, 1.54) is 10.4 Å². The summed E-state index contributed by atoms with van der Waals surface area (Å²) < 4.78 is 33.4. The van der Waals surface area contributed by atoms with Gasteiger partial charge in [-0.05, 0) is 54.6 Å². The highest BCUT2D eigenvalue weighted by molar-refractivity contribution is 7.89. The van der Waals surface area contributed by atoms with Crippen LogP contribution in [0.1, 0.15) is 15.9 Å². The van der Waals surface area contributed by atoms with E-state index in [-0.39, 0.29) is 10.8 Å².